The molecular formula is C31H34N4O2. The van der Waals surface area contributed by atoms with Crippen LogP contribution in [-0.2, 0) is 15.0 Å². The first-order valence-corrected chi connectivity index (χ1v) is 12.6. The molecule has 0 saturated carbocycles. The van der Waals surface area contributed by atoms with E-state index in [1.165, 1.54) is 0 Å². The number of aromatic nitrogens is 2. The van der Waals surface area contributed by atoms with Gasteiger partial charge in [-0.25, -0.2) is 4.68 Å². The lowest BCUT2D eigenvalue weighted by atomic mass is 9.90. The summed E-state index contributed by atoms with van der Waals surface area (Å²) in [6, 6.07) is 31.0. The van der Waals surface area contributed by atoms with E-state index in [1.54, 1.807) is 9.58 Å². The predicted octanol–water partition coefficient (Wildman–Crippen LogP) is 5.79. The van der Waals surface area contributed by atoms with Gasteiger partial charge in [0.1, 0.15) is 5.82 Å². The van der Waals surface area contributed by atoms with Crippen LogP contribution in [-0.4, -0.2) is 39.6 Å². The molecule has 0 spiro atoms. The standard InChI is InChI=1S/C31H34N4O2/c1-5-34(30(37)29(23-15-9-6-10-16-23)24-17-11-7-12-18-24)22-28(36)32-27-21-26(31(2,3)4)33-35(27)25-19-13-8-14-20-25/h6-21,29H,5,22H2,1-4H3,(H,32,36). The minimum atomic E-state index is -0.488. The summed E-state index contributed by atoms with van der Waals surface area (Å²) in [7, 11) is 0. The van der Waals surface area contributed by atoms with Crippen LogP contribution in [0, 0.1) is 0 Å². The average Bonchev–Trinajstić information content (AvgIpc) is 3.33. The molecule has 1 N–H and O–H groups in total. The van der Waals surface area contributed by atoms with Gasteiger partial charge in [0, 0.05) is 18.0 Å². The Morgan fingerprint density at radius 1 is 0.865 bits per heavy atom. The molecule has 6 heteroatoms. The van der Waals surface area contributed by atoms with Crippen molar-refractivity contribution in [2.75, 3.05) is 18.4 Å². The summed E-state index contributed by atoms with van der Waals surface area (Å²) >= 11 is 0. The molecule has 0 radical (unpaired) electrons. The topological polar surface area (TPSA) is 67.2 Å². The smallest absolute Gasteiger partial charge is 0.245 e. The summed E-state index contributed by atoms with van der Waals surface area (Å²) in [6.45, 7) is 8.50. The van der Waals surface area contributed by atoms with Gasteiger partial charge in [0.25, 0.3) is 0 Å². The number of benzene rings is 3. The third-order valence-corrected chi connectivity index (χ3v) is 6.29. The van der Waals surface area contributed by atoms with Crippen LogP contribution < -0.4 is 5.32 Å². The third kappa shape index (κ3) is 6.15. The zero-order valence-corrected chi connectivity index (χ0v) is 21.9. The predicted molar refractivity (Wildman–Crippen MR) is 148 cm³/mol. The highest BCUT2D eigenvalue weighted by molar-refractivity contribution is 5.96. The van der Waals surface area contributed by atoms with Crippen molar-refractivity contribution in [2.45, 2.75) is 39.0 Å². The molecule has 0 saturated heterocycles. The van der Waals surface area contributed by atoms with Gasteiger partial charge in [0.05, 0.1) is 23.8 Å². The van der Waals surface area contributed by atoms with Crippen LogP contribution >= 0.6 is 0 Å². The summed E-state index contributed by atoms with van der Waals surface area (Å²) in [4.78, 5) is 28.7. The van der Waals surface area contributed by atoms with E-state index in [4.69, 9.17) is 5.10 Å². The molecule has 190 valence electrons. The number of likely N-dealkylation sites (N-methyl/N-ethyl adjacent to an activating group) is 1. The maximum absolute atomic E-state index is 13.8. The number of rotatable bonds is 8. The first kappa shape index (κ1) is 25.9. The summed E-state index contributed by atoms with van der Waals surface area (Å²) in [5.74, 6) is -0.292. The quantitative estimate of drug-likeness (QED) is 0.337. The van der Waals surface area contributed by atoms with Crippen LogP contribution in [0.15, 0.2) is 97.1 Å². The molecule has 37 heavy (non-hydrogen) atoms. The van der Waals surface area contributed by atoms with Crippen molar-refractivity contribution in [3.05, 3.63) is 114 Å². The SMILES string of the molecule is CCN(CC(=O)Nc1cc(C(C)(C)C)nn1-c1ccccc1)C(=O)C(c1ccccc1)c1ccccc1. The summed E-state index contributed by atoms with van der Waals surface area (Å²) in [5, 5.41) is 7.78. The van der Waals surface area contributed by atoms with E-state index in [1.807, 2.05) is 104 Å². The number of para-hydroxylation sites is 1. The van der Waals surface area contributed by atoms with Crippen molar-refractivity contribution in [1.82, 2.24) is 14.7 Å². The number of nitrogens with one attached hydrogen (secondary N) is 1. The Hall–Kier alpha value is -4.19. The van der Waals surface area contributed by atoms with Gasteiger partial charge < -0.3 is 10.2 Å². The Morgan fingerprint density at radius 3 is 1.86 bits per heavy atom. The highest BCUT2D eigenvalue weighted by Crippen LogP contribution is 2.28. The second-order valence-corrected chi connectivity index (χ2v) is 10.1. The van der Waals surface area contributed by atoms with Crippen molar-refractivity contribution < 1.29 is 9.59 Å². The summed E-state index contributed by atoms with van der Waals surface area (Å²) < 4.78 is 1.74. The number of hydrogen-bond acceptors (Lipinski definition) is 3. The number of hydrogen-bond donors (Lipinski definition) is 1. The van der Waals surface area contributed by atoms with Crippen molar-refractivity contribution >= 4 is 17.6 Å². The number of amides is 2. The first-order chi connectivity index (χ1) is 17.8. The highest BCUT2D eigenvalue weighted by atomic mass is 16.2. The fraction of sp³-hybridized carbons (Fsp3) is 0.258. The van der Waals surface area contributed by atoms with E-state index < -0.39 is 5.92 Å². The molecule has 4 aromatic rings. The monoisotopic (exact) mass is 494 g/mol. The molecule has 0 unspecified atom stereocenters. The van der Waals surface area contributed by atoms with Crippen molar-refractivity contribution in [1.29, 1.82) is 0 Å². The van der Waals surface area contributed by atoms with Gasteiger partial charge in [-0.2, -0.15) is 5.10 Å². The van der Waals surface area contributed by atoms with E-state index in [0.29, 0.717) is 12.4 Å². The number of nitrogens with zero attached hydrogens (tertiary/aromatic N) is 3. The Labute approximate surface area is 218 Å². The largest absolute Gasteiger partial charge is 0.333 e. The molecule has 4 rings (SSSR count). The van der Waals surface area contributed by atoms with Crippen molar-refractivity contribution in [2.24, 2.45) is 0 Å². The lowest BCUT2D eigenvalue weighted by molar-refractivity contribution is -0.135. The normalized spacial score (nSPS) is 11.4. The molecule has 1 aromatic heterocycles. The van der Waals surface area contributed by atoms with Crippen LogP contribution in [0.2, 0.25) is 0 Å². The van der Waals surface area contributed by atoms with E-state index in [0.717, 1.165) is 22.5 Å². The van der Waals surface area contributed by atoms with Crippen LogP contribution in [0.5, 0.6) is 0 Å². The van der Waals surface area contributed by atoms with E-state index >= 15 is 0 Å². The Bertz CT molecular complexity index is 1290. The maximum atomic E-state index is 13.8. The van der Waals surface area contributed by atoms with Gasteiger partial charge in [-0.05, 0) is 30.2 Å². The molecule has 1 heterocycles. The van der Waals surface area contributed by atoms with Gasteiger partial charge in [0.2, 0.25) is 11.8 Å². The molecule has 0 atom stereocenters. The number of carbonyl (C=O) groups is 2. The fourth-order valence-electron chi connectivity index (χ4n) is 4.26. The summed E-state index contributed by atoms with van der Waals surface area (Å²) in [5.41, 5.74) is 3.32. The number of anilines is 1. The van der Waals surface area contributed by atoms with Gasteiger partial charge in [-0.1, -0.05) is 99.6 Å². The fourth-order valence-corrected chi connectivity index (χ4v) is 4.26. The van der Waals surface area contributed by atoms with Gasteiger partial charge >= 0.3 is 0 Å². The third-order valence-electron chi connectivity index (χ3n) is 6.29. The molecule has 3 aromatic carbocycles. The van der Waals surface area contributed by atoms with Crippen molar-refractivity contribution in [3.63, 3.8) is 0 Å². The van der Waals surface area contributed by atoms with E-state index in [2.05, 4.69) is 26.1 Å². The van der Waals surface area contributed by atoms with Crippen LogP contribution in [0.25, 0.3) is 5.69 Å². The Kier molecular flexibility index (Phi) is 7.87. The molecular weight excluding hydrogens is 460 g/mol. The highest BCUT2D eigenvalue weighted by Gasteiger charge is 2.28. The first-order valence-electron chi connectivity index (χ1n) is 12.6. The lowest BCUT2D eigenvalue weighted by Gasteiger charge is -2.26. The molecule has 0 fully saturated rings. The molecule has 0 aliphatic carbocycles. The second kappa shape index (κ2) is 11.2. The van der Waals surface area contributed by atoms with Gasteiger partial charge in [0.15, 0.2) is 0 Å². The molecule has 0 aliphatic heterocycles. The minimum Gasteiger partial charge on any atom is -0.333 e. The molecule has 6 nitrogen and oxygen atoms in total. The van der Waals surface area contributed by atoms with Crippen LogP contribution in [0.1, 0.15) is 50.4 Å². The molecule has 0 bridgehead atoms. The molecule has 0 aliphatic rings. The minimum absolute atomic E-state index is 0.0592. The lowest BCUT2D eigenvalue weighted by Crippen LogP contribution is -2.41. The Morgan fingerprint density at radius 2 is 1.38 bits per heavy atom. The van der Waals surface area contributed by atoms with Crippen LogP contribution in [0.3, 0.4) is 0 Å². The number of carbonyl (C=O) groups excluding carboxylic acids is 2. The van der Waals surface area contributed by atoms with Crippen LogP contribution in [0.4, 0.5) is 5.82 Å². The van der Waals surface area contributed by atoms with Gasteiger partial charge in [-0.3, -0.25) is 9.59 Å². The zero-order chi connectivity index (χ0) is 26.4. The molecule has 2 amide bonds. The van der Waals surface area contributed by atoms with Crippen molar-refractivity contribution in [3.8, 4) is 5.69 Å². The second-order valence-electron chi connectivity index (χ2n) is 10.1. The maximum Gasteiger partial charge on any atom is 0.245 e. The average molecular weight is 495 g/mol. The zero-order valence-electron chi connectivity index (χ0n) is 21.9. The van der Waals surface area contributed by atoms with Gasteiger partial charge in [-0.15, -0.1) is 0 Å². The van der Waals surface area contributed by atoms with E-state index in [-0.39, 0.29) is 23.8 Å². The van der Waals surface area contributed by atoms with E-state index in [9.17, 15) is 9.59 Å². The summed E-state index contributed by atoms with van der Waals surface area (Å²) in [6.07, 6.45) is 0. The Balaban J connectivity index is 1.59.